The van der Waals surface area contributed by atoms with Gasteiger partial charge in [-0.1, -0.05) is 35.2 Å². The van der Waals surface area contributed by atoms with Crippen LogP contribution in [0.5, 0.6) is 0 Å². The van der Waals surface area contributed by atoms with Crippen molar-refractivity contribution >= 4 is 32.3 Å². The molecule has 1 fully saturated rings. The summed E-state index contributed by atoms with van der Waals surface area (Å²) in [5.74, 6) is 0.261. The van der Waals surface area contributed by atoms with E-state index in [-0.39, 0.29) is 17.2 Å². The van der Waals surface area contributed by atoms with Crippen LogP contribution in [0.3, 0.4) is 0 Å². The number of carbonyl (C=O) groups is 1. The fourth-order valence-electron chi connectivity index (χ4n) is 3.14. The van der Waals surface area contributed by atoms with Crippen molar-refractivity contribution in [1.82, 2.24) is 0 Å². The number of aldehydes is 1. The lowest BCUT2D eigenvalue weighted by Crippen LogP contribution is -2.13. The molecule has 6 heteroatoms. The van der Waals surface area contributed by atoms with Crippen LogP contribution in [0, 0.1) is 0 Å². The van der Waals surface area contributed by atoms with E-state index in [1.165, 1.54) is 12.5 Å². The fourth-order valence-corrected chi connectivity index (χ4v) is 4.59. The molecule has 1 saturated carbocycles. The normalized spacial score (nSPS) is 16.9. The van der Waals surface area contributed by atoms with Gasteiger partial charge in [0.1, 0.15) is 16.4 Å². The van der Waals surface area contributed by atoms with Gasteiger partial charge in [0.05, 0.1) is 4.90 Å². The first-order valence-corrected chi connectivity index (χ1v) is 9.36. The molecule has 1 aromatic rings. The summed E-state index contributed by atoms with van der Waals surface area (Å²) in [6.45, 7) is 0. The topological polar surface area (TPSA) is 74.3 Å². The molecule has 0 bridgehead atoms. The van der Waals surface area contributed by atoms with Gasteiger partial charge in [-0.05, 0) is 48.4 Å². The molecule has 0 atom stereocenters. The van der Waals surface area contributed by atoms with Gasteiger partial charge in [-0.2, -0.15) is 0 Å². The second-order valence-corrected chi connectivity index (χ2v) is 7.63. The molecule has 21 heavy (non-hydrogen) atoms. The van der Waals surface area contributed by atoms with Gasteiger partial charge >= 0.3 is 0 Å². The van der Waals surface area contributed by atoms with E-state index in [2.05, 4.69) is 15.9 Å². The van der Waals surface area contributed by atoms with Crippen molar-refractivity contribution < 1.29 is 17.8 Å². The molecule has 0 aliphatic heterocycles. The van der Waals surface area contributed by atoms with Gasteiger partial charge in [0.15, 0.2) is 0 Å². The van der Waals surface area contributed by atoms with E-state index in [0.717, 1.165) is 42.0 Å². The molecule has 0 saturated heterocycles. The maximum atomic E-state index is 11.5. The number of benzene rings is 1. The van der Waals surface area contributed by atoms with E-state index in [4.69, 9.17) is 0 Å². The summed E-state index contributed by atoms with van der Waals surface area (Å²) < 4.78 is 35.3. The van der Waals surface area contributed by atoms with Gasteiger partial charge in [-0.15, -0.1) is 0 Å². The van der Waals surface area contributed by atoms with Crippen molar-refractivity contribution in [1.29, 1.82) is 0 Å². The van der Waals surface area contributed by atoms with E-state index in [9.17, 15) is 17.8 Å². The minimum atomic E-state index is -4.53. The van der Waals surface area contributed by atoms with E-state index in [0.29, 0.717) is 12.0 Å². The minimum absolute atomic E-state index is 0.173. The molecule has 0 radical (unpaired) electrons. The molecule has 116 valence electrons. The van der Waals surface area contributed by atoms with Crippen LogP contribution in [0.4, 0.5) is 0 Å². The monoisotopic (exact) mass is 373 g/mol. The van der Waals surface area contributed by atoms with Crippen molar-refractivity contribution in [3.8, 4) is 0 Å². The zero-order chi connectivity index (χ0) is 15.5. The summed E-state index contributed by atoms with van der Waals surface area (Å²) in [4.78, 5) is 10.5. The third-order valence-electron chi connectivity index (χ3n) is 4.06. The number of halogens is 1. The molecule has 0 spiro atoms. The Bertz CT molecular complexity index is 619. The highest BCUT2D eigenvalue weighted by molar-refractivity contribution is 9.10. The number of hydrogen-bond acceptors (Lipinski definition) is 4. The Labute approximate surface area is 133 Å². The Kier molecular flexibility index (Phi) is 5.57. The maximum absolute atomic E-state index is 11.5. The van der Waals surface area contributed by atoms with Crippen molar-refractivity contribution in [3.05, 3.63) is 27.7 Å². The van der Waals surface area contributed by atoms with Crippen LogP contribution in [0.25, 0.3) is 0 Å². The SMILES string of the molecule is O=CCCc1c(S(=O)(=O)[O-])ccc(Br)c1C1CCCCC1. The predicted octanol–water partition coefficient (Wildman–Crippen LogP) is 3.53. The van der Waals surface area contributed by atoms with Crippen molar-refractivity contribution in [2.24, 2.45) is 0 Å². The van der Waals surface area contributed by atoms with Crippen LogP contribution in [0.1, 0.15) is 55.6 Å². The standard InChI is InChI=1S/C15H19BrO4S/c16-13-8-9-14(21(18,19)20)12(7-4-10-17)15(13)11-5-2-1-3-6-11/h8-11H,1-7H2,(H,18,19,20)/p-1. The average Bonchev–Trinajstić information content (AvgIpc) is 2.44. The smallest absolute Gasteiger partial charge is 0.124 e. The Balaban J connectivity index is 2.56. The Hall–Kier alpha value is -0.720. The Morgan fingerprint density at radius 1 is 1.24 bits per heavy atom. The highest BCUT2D eigenvalue weighted by Crippen LogP contribution is 2.40. The van der Waals surface area contributed by atoms with Crippen LogP contribution < -0.4 is 0 Å². The first-order chi connectivity index (χ1) is 9.95. The van der Waals surface area contributed by atoms with Gasteiger partial charge in [-0.3, -0.25) is 0 Å². The minimum Gasteiger partial charge on any atom is -0.744 e. The first-order valence-electron chi connectivity index (χ1n) is 7.16. The first kappa shape index (κ1) is 16.6. The van der Waals surface area contributed by atoms with Gasteiger partial charge in [0, 0.05) is 10.9 Å². The second-order valence-electron chi connectivity index (χ2n) is 5.43. The third kappa shape index (κ3) is 3.93. The van der Waals surface area contributed by atoms with Crippen LogP contribution in [-0.2, 0) is 21.3 Å². The van der Waals surface area contributed by atoms with Crippen molar-refractivity contribution in [3.63, 3.8) is 0 Å². The molecule has 2 rings (SSSR count). The largest absolute Gasteiger partial charge is 0.744 e. The summed E-state index contributed by atoms with van der Waals surface area (Å²) in [6.07, 6.45) is 6.68. The molecule has 0 heterocycles. The number of rotatable bonds is 5. The van der Waals surface area contributed by atoms with Crippen LogP contribution in [0.2, 0.25) is 0 Å². The van der Waals surface area contributed by atoms with Gasteiger partial charge in [0.2, 0.25) is 0 Å². The van der Waals surface area contributed by atoms with Crippen LogP contribution in [-0.4, -0.2) is 19.3 Å². The van der Waals surface area contributed by atoms with Gasteiger partial charge < -0.3 is 9.35 Å². The lowest BCUT2D eigenvalue weighted by molar-refractivity contribution is -0.107. The summed E-state index contributed by atoms with van der Waals surface area (Å²) in [6, 6.07) is 2.98. The Morgan fingerprint density at radius 3 is 2.48 bits per heavy atom. The lowest BCUT2D eigenvalue weighted by Gasteiger charge is -2.27. The van der Waals surface area contributed by atoms with Gasteiger partial charge in [-0.25, -0.2) is 8.42 Å². The van der Waals surface area contributed by atoms with Gasteiger partial charge in [0.25, 0.3) is 0 Å². The molecule has 0 amide bonds. The summed E-state index contributed by atoms with van der Waals surface area (Å²) >= 11 is 3.49. The molecular formula is C15H18BrO4S-. The molecule has 0 N–H and O–H groups in total. The Morgan fingerprint density at radius 2 is 1.90 bits per heavy atom. The third-order valence-corrected chi connectivity index (χ3v) is 5.67. The molecule has 0 aromatic heterocycles. The molecule has 4 nitrogen and oxygen atoms in total. The van der Waals surface area contributed by atoms with Crippen molar-refractivity contribution in [2.45, 2.75) is 55.8 Å². The molecule has 1 aliphatic rings. The van der Waals surface area contributed by atoms with E-state index < -0.39 is 10.1 Å². The van der Waals surface area contributed by atoms with Crippen LogP contribution >= 0.6 is 15.9 Å². The molecular weight excluding hydrogens is 356 g/mol. The summed E-state index contributed by atoms with van der Waals surface area (Å²) in [7, 11) is -4.53. The van der Waals surface area contributed by atoms with E-state index >= 15 is 0 Å². The highest BCUT2D eigenvalue weighted by atomic mass is 79.9. The molecule has 0 unspecified atom stereocenters. The predicted molar refractivity (Wildman–Crippen MR) is 82.3 cm³/mol. The maximum Gasteiger partial charge on any atom is 0.124 e. The highest BCUT2D eigenvalue weighted by Gasteiger charge is 2.24. The molecule has 1 aromatic carbocycles. The lowest BCUT2D eigenvalue weighted by atomic mass is 9.81. The zero-order valence-corrected chi connectivity index (χ0v) is 14.1. The second kappa shape index (κ2) is 7.03. The fraction of sp³-hybridized carbons (Fsp3) is 0.533. The number of carbonyl (C=O) groups excluding carboxylic acids is 1. The van der Waals surface area contributed by atoms with E-state index in [1.807, 2.05) is 0 Å². The van der Waals surface area contributed by atoms with Crippen molar-refractivity contribution in [2.75, 3.05) is 0 Å². The summed E-state index contributed by atoms with van der Waals surface area (Å²) in [5, 5.41) is 0. The summed E-state index contributed by atoms with van der Waals surface area (Å²) in [5.41, 5.74) is 1.44. The van der Waals surface area contributed by atoms with Crippen LogP contribution in [0.15, 0.2) is 21.5 Å². The van der Waals surface area contributed by atoms with E-state index in [1.54, 1.807) is 6.07 Å². The molecule has 1 aliphatic carbocycles. The zero-order valence-electron chi connectivity index (χ0n) is 11.7. The quantitative estimate of drug-likeness (QED) is 0.584. The number of hydrogen-bond donors (Lipinski definition) is 0. The average molecular weight is 374 g/mol.